The Balaban J connectivity index is 2.22. The summed E-state index contributed by atoms with van der Waals surface area (Å²) in [5.74, 6) is -0.895. The molecule has 0 saturated heterocycles. The monoisotopic (exact) mass is 409 g/mol. The fraction of sp³-hybridized carbons (Fsp3) is 0.333. The molecule has 2 aromatic heterocycles. The van der Waals surface area contributed by atoms with Gasteiger partial charge in [0, 0.05) is 19.3 Å². The van der Waals surface area contributed by atoms with Crippen LogP contribution in [0.2, 0.25) is 10.0 Å². The molecule has 5 nitrogen and oxygen atoms in total. The Bertz CT molecular complexity index is 844. The second kappa shape index (κ2) is 6.96. The van der Waals surface area contributed by atoms with Gasteiger partial charge in [-0.15, -0.1) is 0 Å². The van der Waals surface area contributed by atoms with Crippen molar-refractivity contribution in [2.24, 2.45) is 0 Å². The van der Waals surface area contributed by atoms with Crippen LogP contribution in [-0.2, 0) is 0 Å². The first-order valence-corrected chi connectivity index (χ1v) is 8.30. The first-order chi connectivity index (χ1) is 12.2. The fourth-order valence-electron chi connectivity index (χ4n) is 2.48. The molecule has 26 heavy (non-hydrogen) atoms. The summed E-state index contributed by atoms with van der Waals surface area (Å²) in [4.78, 5) is 7.77. The number of aromatic nitrogens is 2. The number of alkyl halides is 3. The van der Waals surface area contributed by atoms with Crippen molar-refractivity contribution in [3.8, 4) is 11.3 Å². The average molecular weight is 410 g/mol. The highest BCUT2D eigenvalue weighted by molar-refractivity contribution is 6.36. The predicted molar refractivity (Wildman–Crippen MR) is 93.6 cm³/mol. The maximum absolute atomic E-state index is 14.7. The number of nitrogens with zero attached hydrogens (tertiary/aromatic N) is 2. The largest absolute Gasteiger partial charge is 0.408 e. The molecule has 0 spiro atoms. The third-order valence-electron chi connectivity index (χ3n) is 3.77. The Labute approximate surface area is 156 Å². The summed E-state index contributed by atoms with van der Waals surface area (Å²) in [6, 6.07) is -0.616. The average Bonchev–Trinajstić information content (AvgIpc) is 2.55. The molecule has 0 amide bonds. The standard InChI is InChI=1S/C15H13Cl2F4N5/c1-6(15(19,20)21)25-11-9(10-8(17)4-7(16)5-24-10)13(18)26-14-12(11)22-2-3-23-14/h4-6,22H,2-3H2,1H3,(H2,23,25,26). The van der Waals surface area contributed by atoms with Gasteiger partial charge in [0.05, 0.1) is 27.0 Å². The summed E-state index contributed by atoms with van der Waals surface area (Å²) in [5.41, 5.74) is -0.233. The quantitative estimate of drug-likeness (QED) is 0.502. The number of halogens is 6. The highest BCUT2D eigenvalue weighted by Crippen LogP contribution is 2.43. The third-order valence-corrected chi connectivity index (χ3v) is 4.26. The summed E-state index contributed by atoms with van der Waals surface area (Å²) in [6.45, 7) is 1.81. The van der Waals surface area contributed by atoms with Crippen LogP contribution in [0.15, 0.2) is 12.3 Å². The summed E-state index contributed by atoms with van der Waals surface area (Å²) < 4.78 is 53.9. The van der Waals surface area contributed by atoms with Crippen LogP contribution in [-0.4, -0.2) is 35.3 Å². The van der Waals surface area contributed by atoms with Crippen LogP contribution in [0.4, 0.5) is 34.8 Å². The van der Waals surface area contributed by atoms with Crippen LogP contribution < -0.4 is 16.0 Å². The van der Waals surface area contributed by atoms with E-state index in [1.165, 1.54) is 12.3 Å². The van der Waals surface area contributed by atoms with Crippen molar-refractivity contribution >= 4 is 40.4 Å². The van der Waals surface area contributed by atoms with E-state index in [0.717, 1.165) is 6.92 Å². The van der Waals surface area contributed by atoms with E-state index in [4.69, 9.17) is 23.2 Å². The smallest absolute Gasteiger partial charge is 0.379 e. The van der Waals surface area contributed by atoms with Gasteiger partial charge in [-0.25, -0.2) is 0 Å². The zero-order valence-electron chi connectivity index (χ0n) is 13.3. The second-order valence-electron chi connectivity index (χ2n) is 5.62. The molecule has 2 aromatic rings. The SMILES string of the molecule is CC(Nc1c2c(nc(F)c1-c1ncc(Cl)cc1Cl)NCCN2)C(F)(F)F. The molecule has 0 fully saturated rings. The molecule has 1 atom stereocenters. The third kappa shape index (κ3) is 3.59. The Morgan fingerprint density at radius 3 is 2.58 bits per heavy atom. The van der Waals surface area contributed by atoms with Gasteiger partial charge in [0.1, 0.15) is 11.7 Å². The van der Waals surface area contributed by atoms with E-state index in [9.17, 15) is 17.6 Å². The predicted octanol–water partition coefficient (Wildman–Crippen LogP) is 4.79. The van der Waals surface area contributed by atoms with Crippen LogP contribution >= 0.6 is 23.2 Å². The molecule has 0 bridgehead atoms. The zero-order valence-corrected chi connectivity index (χ0v) is 14.8. The van der Waals surface area contributed by atoms with Gasteiger partial charge in [-0.3, -0.25) is 4.98 Å². The minimum Gasteiger partial charge on any atom is -0.379 e. The van der Waals surface area contributed by atoms with Crippen molar-refractivity contribution in [3.63, 3.8) is 0 Å². The van der Waals surface area contributed by atoms with Crippen LogP contribution in [0.25, 0.3) is 11.3 Å². The number of rotatable bonds is 3. The van der Waals surface area contributed by atoms with Crippen LogP contribution in [0, 0.1) is 5.95 Å². The number of fused-ring (bicyclic) bond motifs is 1. The molecule has 1 aliphatic rings. The number of anilines is 3. The van der Waals surface area contributed by atoms with Gasteiger partial charge in [0.25, 0.3) is 0 Å². The van der Waals surface area contributed by atoms with Gasteiger partial charge >= 0.3 is 6.18 Å². The highest BCUT2D eigenvalue weighted by atomic mass is 35.5. The summed E-state index contributed by atoms with van der Waals surface area (Å²) in [5, 5.41) is 8.31. The molecule has 0 aliphatic carbocycles. The van der Waals surface area contributed by atoms with E-state index < -0.39 is 18.2 Å². The molecule has 0 radical (unpaired) electrons. The molecule has 1 unspecified atom stereocenters. The minimum atomic E-state index is -4.54. The lowest BCUT2D eigenvalue weighted by Crippen LogP contribution is -2.34. The first-order valence-electron chi connectivity index (χ1n) is 7.54. The molecule has 3 N–H and O–H groups in total. The van der Waals surface area contributed by atoms with E-state index in [-0.39, 0.29) is 38.5 Å². The number of pyridine rings is 2. The molecule has 0 saturated carbocycles. The first kappa shape index (κ1) is 18.8. The van der Waals surface area contributed by atoms with E-state index in [1.54, 1.807) is 0 Å². The fourth-order valence-corrected chi connectivity index (χ4v) is 2.96. The van der Waals surface area contributed by atoms with Gasteiger partial charge in [0.15, 0.2) is 5.82 Å². The van der Waals surface area contributed by atoms with Crippen LogP contribution in [0.3, 0.4) is 0 Å². The highest BCUT2D eigenvalue weighted by Gasteiger charge is 2.38. The van der Waals surface area contributed by atoms with E-state index in [0.29, 0.717) is 13.1 Å². The number of hydrogen-bond acceptors (Lipinski definition) is 5. The van der Waals surface area contributed by atoms with Crippen molar-refractivity contribution in [1.29, 1.82) is 0 Å². The summed E-state index contributed by atoms with van der Waals surface area (Å²) in [6.07, 6.45) is -3.31. The van der Waals surface area contributed by atoms with Gasteiger partial charge < -0.3 is 16.0 Å². The van der Waals surface area contributed by atoms with Crippen LogP contribution in [0.1, 0.15) is 6.92 Å². The maximum Gasteiger partial charge on any atom is 0.408 e. The van der Waals surface area contributed by atoms with Crippen LogP contribution in [0.5, 0.6) is 0 Å². The lowest BCUT2D eigenvalue weighted by Gasteiger charge is -2.27. The topological polar surface area (TPSA) is 61.9 Å². The Hall–Kier alpha value is -2.00. The lowest BCUT2D eigenvalue weighted by molar-refractivity contribution is -0.138. The Kier molecular flexibility index (Phi) is 5.03. The van der Waals surface area contributed by atoms with E-state index in [2.05, 4.69) is 25.9 Å². The number of nitrogens with one attached hydrogen (secondary N) is 3. The normalized spacial score (nSPS) is 14.9. The van der Waals surface area contributed by atoms with E-state index >= 15 is 0 Å². The van der Waals surface area contributed by atoms with Crippen molar-refractivity contribution < 1.29 is 17.6 Å². The number of hydrogen-bond donors (Lipinski definition) is 3. The maximum atomic E-state index is 14.7. The van der Waals surface area contributed by atoms with Crippen molar-refractivity contribution in [2.75, 3.05) is 29.0 Å². The summed E-state index contributed by atoms with van der Waals surface area (Å²) in [7, 11) is 0. The van der Waals surface area contributed by atoms with Crippen molar-refractivity contribution in [2.45, 2.75) is 19.1 Å². The molecule has 3 rings (SSSR count). The molecule has 1 aliphatic heterocycles. The van der Waals surface area contributed by atoms with Gasteiger partial charge in [-0.1, -0.05) is 23.2 Å². The molecule has 11 heteroatoms. The van der Waals surface area contributed by atoms with E-state index in [1.807, 2.05) is 0 Å². The second-order valence-corrected chi connectivity index (χ2v) is 6.47. The minimum absolute atomic E-state index is 0.00960. The summed E-state index contributed by atoms with van der Waals surface area (Å²) >= 11 is 11.9. The van der Waals surface area contributed by atoms with Gasteiger partial charge in [-0.05, 0) is 13.0 Å². The van der Waals surface area contributed by atoms with Gasteiger partial charge in [-0.2, -0.15) is 22.5 Å². The van der Waals surface area contributed by atoms with Gasteiger partial charge in [0.2, 0.25) is 5.95 Å². The Morgan fingerprint density at radius 2 is 1.92 bits per heavy atom. The molecular formula is C15H13Cl2F4N5. The van der Waals surface area contributed by atoms with Crippen molar-refractivity contribution in [3.05, 3.63) is 28.3 Å². The molecule has 140 valence electrons. The molecule has 3 heterocycles. The Morgan fingerprint density at radius 1 is 1.23 bits per heavy atom. The zero-order chi connectivity index (χ0) is 19.1. The lowest BCUT2D eigenvalue weighted by atomic mass is 10.1. The molecular weight excluding hydrogens is 397 g/mol. The molecule has 0 aromatic carbocycles. The van der Waals surface area contributed by atoms with Crippen molar-refractivity contribution in [1.82, 2.24) is 9.97 Å².